The van der Waals surface area contributed by atoms with E-state index in [4.69, 9.17) is 10.8 Å². The van der Waals surface area contributed by atoms with Crippen molar-refractivity contribution >= 4 is 5.69 Å². The molecule has 0 atom stereocenters. The SMILES string of the molecule is Nc1cc(F)cc(CN2CCCN(CCO)CC2)c1. The molecule has 1 heterocycles. The second-order valence-corrected chi connectivity index (χ2v) is 5.09. The number of aliphatic hydroxyl groups is 1. The summed E-state index contributed by atoms with van der Waals surface area (Å²) in [6, 6.07) is 4.72. The highest BCUT2D eigenvalue weighted by atomic mass is 19.1. The number of benzene rings is 1. The van der Waals surface area contributed by atoms with Gasteiger partial charge in [0.1, 0.15) is 5.82 Å². The lowest BCUT2D eigenvalue weighted by molar-refractivity contribution is 0.196. The van der Waals surface area contributed by atoms with Gasteiger partial charge in [-0.3, -0.25) is 9.80 Å². The van der Waals surface area contributed by atoms with Crippen LogP contribution in [-0.4, -0.2) is 54.2 Å². The first kappa shape index (κ1) is 14.2. The zero-order chi connectivity index (χ0) is 13.7. The quantitative estimate of drug-likeness (QED) is 0.796. The van der Waals surface area contributed by atoms with Crippen LogP contribution in [0.2, 0.25) is 0 Å². The van der Waals surface area contributed by atoms with Crippen LogP contribution in [0.4, 0.5) is 10.1 Å². The Balaban J connectivity index is 1.92. The largest absolute Gasteiger partial charge is 0.399 e. The summed E-state index contributed by atoms with van der Waals surface area (Å²) in [5, 5.41) is 8.96. The number of β-amino-alcohol motifs (C(OH)–C–C–N with tert-alkyl or cyclic N) is 1. The van der Waals surface area contributed by atoms with Crippen molar-refractivity contribution in [2.45, 2.75) is 13.0 Å². The third kappa shape index (κ3) is 4.45. The Kier molecular flexibility index (Phi) is 5.13. The third-order valence-corrected chi connectivity index (χ3v) is 3.48. The number of nitrogens with two attached hydrogens (primary N) is 1. The Morgan fingerprint density at radius 1 is 1.11 bits per heavy atom. The molecule has 0 radical (unpaired) electrons. The van der Waals surface area contributed by atoms with E-state index in [1.807, 2.05) is 6.07 Å². The number of anilines is 1. The number of hydrogen-bond donors (Lipinski definition) is 2. The van der Waals surface area contributed by atoms with Crippen LogP contribution in [0.25, 0.3) is 0 Å². The maximum atomic E-state index is 13.3. The van der Waals surface area contributed by atoms with E-state index < -0.39 is 0 Å². The van der Waals surface area contributed by atoms with Gasteiger partial charge in [0.15, 0.2) is 0 Å². The Morgan fingerprint density at radius 2 is 1.84 bits per heavy atom. The first-order chi connectivity index (χ1) is 9.17. The Morgan fingerprint density at radius 3 is 2.58 bits per heavy atom. The maximum absolute atomic E-state index is 13.3. The van der Waals surface area contributed by atoms with Gasteiger partial charge in [-0.15, -0.1) is 0 Å². The zero-order valence-corrected chi connectivity index (χ0v) is 11.2. The van der Waals surface area contributed by atoms with E-state index in [-0.39, 0.29) is 12.4 Å². The second kappa shape index (κ2) is 6.84. The number of aliphatic hydroxyl groups excluding tert-OH is 1. The van der Waals surface area contributed by atoms with E-state index >= 15 is 0 Å². The molecule has 1 aromatic rings. The highest BCUT2D eigenvalue weighted by Crippen LogP contribution is 2.14. The molecular weight excluding hydrogens is 245 g/mol. The van der Waals surface area contributed by atoms with Crippen LogP contribution < -0.4 is 5.73 Å². The lowest BCUT2D eigenvalue weighted by Gasteiger charge is -2.21. The van der Waals surface area contributed by atoms with Gasteiger partial charge in [0.2, 0.25) is 0 Å². The standard InChI is InChI=1S/C14H22FN3O/c15-13-8-12(9-14(16)10-13)11-18-3-1-2-17(4-5-18)6-7-19/h8-10,19H,1-7,11,16H2. The summed E-state index contributed by atoms with van der Waals surface area (Å²) < 4.78 is 13.3. The molecule has 0 bridgehead atoms. The topological polar surface area (TPSA) is 52.7 Å². The summed E-state index contributed by atoms with van der Waals surface area (Å²) in [6.07, 6.45) is 1.07. The summed E-state index contributed by atoms with van der Waals surface area (Å²) >= 11 is 0. The molecular formula is C14H22FN3O. The molecule has 1 fully saturated rings. The van der Waals surface area contributed by atoms with E-state index in [0.717, 1.165) is 51.3 Å². The molecule has 1 aliphatic rings. The van der Waals surface area contributed by atoms with Crippen molar-refractivity contribution in [3.8, 4) is 0 Å². The molecule has 0 amide bonds. The molecule has 0 aliphatic carbocycles. The summed E-state index contributed by atoms with van der Waals surface area (Å²) in [5.74, 6) is -0.272. The lowest BCUT2D eigenvalue weighted by atomic mass is 10.2. The molecule has 1 aromatic carbocycles. The highest BCUT2D eigenvalue weighted by molar-refractivity contribution is 5.41. The summed E-state index contributed by atoms with van der Waals surface area (Å²) in [4.78, 5) is 4.57. The number of halogens is 1. The molecule has 0 unspecified atom stereocenters. The van der Waals surface area contributed by atoms with Crippen LogP contribution in [0.3, 0.4) is 0 Å². The second-order valence-electron chi connectivity index (χ2n) is 5.09. The molecule has 0 saturated carbocycles. The minimum Gasteiger partial charge on any atom is -0.399 e. The van der Waals surface area contributed by atoms with Gasteiger partial charge in [-0.2, -0.15) is 0 Å². The molecule has 19 heavy (non-hydrogen) atoms. The normalized spacial score (nSPS) is 18.4. The smallest absolute Gasteiger partial charge is 0.125 e. The molecule has 4 nitrogen and oxygen atoms in total. The average Bonchev–Trinajstić information content (AvgIpc) is 2.54. The fourth-order valence-electron chi connectivity index (χ4n) is 2.57. The van der Waals surface area contributed by atoms with Crippen molar-refractivity contribution < 1.29 is 9.50 Å². The number of rotatable bonds is 4. The van der Waals surface area contributed by atoms with Crippen molar-refractivity contribution in [3.05, 3.63) is 29.6 Å². The first-order valence-corrected chi connectivity index (χ1v) is 6.78. The van der Waals surface area contributed by atoms with Crippen LogP contribution in [0.1, 0.15) is 12.0 Å². The monoisotopic (exact) mass is 267 g/mol. The van der Waals surface area contributed by atoms with Crippen LogP contribution in [0.15, 0.2) is 18.2 Å². The molecule has 3 N–H and O–H groups in total. The molecule has 1 aliphatic heterocycles. The van der Waals surface area contributed by atoms with Gasteiger partial charge in [0.05, 0.1) is 6.61 Å². The predicted molar refractivity (Wildman–Crippen MR) is 74.2 cm³/mol. The minimum atomic E-state index is -0.272. The van der Waals surface area contributed by atoms with E-state index in [1.165, 1.54) is 6.07 Å². The average molecular weight is 267 g/mol. The van der Waals surface area contributed by atoms with Gasteiger partial charge in [-0.25, -0.2) is 4.39 Å². The number of nitrogens with zero attached hydrogens (tertiary/aromatic N) is 2. The maximum Gasteiger partial charge on any atom is 0.125 e. The zero-order valence-electron chi connectivity index (χ0n) is 11.2. The van der Waals surface area contributed by atoms with Gasteiger partial charge in [0, 0.05) is 31.9 Å². The van der Waals surface area contributed by atoms with E-state index in [0.29, 0.717) is 5.69 Å². The Bertz CT molecular complexity index is 393. The predicted octanol–water partition coefficient (Wildman–Crippen LogP) is 0.908. The summed E-state index contributed by atoms with van der Waals surface area (Å²) in [7, 11) is 0. The van der Waals surface area contributed by atoms with Gasteiger partial charge in [-0.05, 0) is 43.3 Å². The molecule has 2 rings (SSSR count). The van der Waals surface area contributed by atoms with Gasteiger partial charge < -0.3 is 10.8 Å². The molecule has 106 valence electrons. The van der Waals surface area contributed by atoms with Crippen molar-refractivity contribution in [1.29, 1.82) is 0 Å². The minimum absolute atomic E-state index is 0.209. The molecule has 0 spiro atoms. The van der Waals surface area contributed by atoms with Crippen molar-refractivity contribution in [2.75, 3.05) is 45.1 Å². The van der Waals surface area contributed by atoms with Crippen LogP contribution in [0.5, 0.6) is 0 Å². The van der Waals surface area contributed by atoms with Gasteiger partial charge >= 0.3 is 0 Å². The van der Waals surface area contributed by atoms with Crippen molar-refractivity contribution in [2.24, 2.45) is 0 Å². The third-order valence-electron chi connectivity index (χ3n) is 3.48. The van der Waals surface area contributed by atoms with E-state index in [1.54, 1.807) is 6.07 Å². The number of nitrogen functional groups attached to an aromatic ring is 1. The lowest BCUT2D eigenvalue weighted by Crippen LogP contribution is -2.32. The van der Waals surface area contributed by atoms with E-state index in [2.05, 4.69) is 9.80 Å². The summed E-state index contributed by atoms with van der Waals surface area (Å²) in [5.41, 5.74) is 7.07. The first-order valence-electron chi connectivity index (χ1n) is 6.78. The molecule has 0 aromatic heterocycles. The summed E-state index contributed by atoms with van der Waals surface area (Å²) in [6.45, 7) is 5.58. The fraction of sp³-hybridized carbons (Fsp3) is 0.571. The Labute approximate surface area is 113 Å². The van der Waals surface area contributed by atoms with Crippen molar-refractivity contribution in [3.63, 3.8) is 0 Å². The Hall–Kier alpha value is -1.17. The molecule has 1 saturated heterocycles. The molecule has 5 heteroatoms. The van der Waals surface area contributed by atoms with Crippen LogP contribution in [-0.2, 0) is 6.54 Å². The fourth-order valence-corrected chi connectivity index (χ4v) is 2.57. The van der Waals surface area contributed by atoms with Crippen LogP contribution >= 0.6 is 0 Å². The van der Waals surface area contributed by atoms with E-state index in [9.17, 15) is 4.39 Å². The highest BCUT2D eigenvalue weighted by Gasteiger charge is 2.14. The van der Waals surface area contributed by atoms with Crippen molar-refractivity contribution in [1.82, 2.24) is 9.80 Å². The number of hydrogen-bond acceptors (Lipinski definition) is 4. The van der Waals surface area contributed by atoms with Gasteiger partial charge in [-0.1, -0.05) is 0 Å². The van der Waals surface area contributed by atoms with Gasteiger partial charge in [0.25, 0.3) is 0 Å². The van der Waals surface area contributed by atoms with Crippen LogP contribution in [0, 0.1) is 5.82 Å².